The van der Waals surface area contributed by atoms with Crippen LogP contribution in [0.25, 0.3) is 0 Å². The molecule has 3 N–H and O–H groups in total. The average molecular weight is 487 g/mol. The minimum absolute atomic E-state index is 0.0378. The predicted molar refractivity (Wildman–Crippen MR) is 141 cm³/mol. The van der Waals surface area contributed by atoms with Crippen LogP contribution in [0.4, 0.5) is 0 Å². The fourth-order valence-corrected chi connectivity index (χ4v) is 9.49. The molecule has 0 aromatic carbocycles. The number of aliphatic carboxylic acids is 1. The molecule has 4 aliphatic carbocycles. The molecule has 4 nitrogen and oxygen atoms in total. The number of carboxylic acids is 1. The van der Waals surface area contributed by atoms with Crippen LogP contribution in [-0.4, -0.2) is 33.5 Å². The van der Waals surface area contributed by atoms with E-state index in [0.717, 1.165) is 50.5 Å². The van der Waals surface area contributed by atoms with E-state index in [1.54, 1.807) is 0 Å². The molecule has 4 rings (SSSR count). The van der Waals surface area contributed by atoms with Crippen molar-refractivity contribution in [2.45, 2.75) is 118 Å². The van der Waals surface area contributed by atoms with Crippen LogP contribution in [0.3, 0.4) is 0 Å². The zero-order chi connectivity index (χ0) is 26.1. The highest BCUT2D eigenvalue weighted by atomic mass is 16.4. The van der Waals surface area contributed by atoms with Crippen molar-refractivity contribution < 1.29 is 20.1 Å². The van der Waals surface area contributed by atoms with E-state index in [4.69, 9.17) is 0 Å². The molecule has 0 saturated heterocycles. The van der Waals surface area contributed by atoms with Gasteiger partial charge in [0.25, 0.3) is 0 Å². The number of rotatable bonds is 6. The van der Waals surface area contributed by atoms with Gasteiger partial charge in [0.2, 0.25) is 0 Å². The van der Waals surface area contributed by atoms with Gasteiger partial charge in [-0.05, 0) is 91.8 Å². The third-order valence-electron chi connectivity index (χ3n) is 12.3. The van der Waals surface area contributed by atoms with Crippen LogP contribution < -0.4 is 0 Å². The van der Waals surface area contributed by atoms with E-state index in [2.05, 4.69) is 55.0 Å². The Bertz CT molecular complexity index is 915. The van der Waals surface area contributed by atoms with Gasteiger partial charge in [0.1, 0.15) is 0 Å². The Morgan fingerprint density at radius 2 is 1.66 bits per heavy atom. The normalized spacial score (nSPS) is 43.4. The minimum atomic E-state index is -0.720. The summed E-state index contributed by atoms with van der Waals surface area (Å²) in [4.78, 5) is 12.6. The highest BCUT2D eigenvalue weighted by Gasteiger charge is 2.67. The molecule has 35 heavy (non-hydrogen) atoms. The lowest BCUT2D eigenvalue weighted by Gasteiger charge is -2.62. The van der Waals surface area contributed by atoms with Crippen LogP contribution in [0, 0.1) is 45.3 Å². The molecule has 0 radical (unpaired) electrons. The molecular formula is C31H50O4. The Kier molecular flexibility index (Phi) is 6.71. The maximum Gasteiger partial charge on any atom is 0.306 e. The van der Waals surface area contributed by atoms with Gasteiger partial charge >= 0.3 is 5.97 Å². The van der Waals surface area contributed by atoms with Crippen molar-refractivity contribution in [2.75, 3.05) is 0 Å². The Labute approximate surface area is 213 Å². The molecule has 2 saturated carbocycles. The monoisotopic (exact) mass is 486 g/mol. The predicted octanol–water partition coefficient (Wildman–Crippen LogP) is 6.76. The summed E-state index contributed by atoms with van der Waals surface area (Å²) in [6.07, 6.45) is 6.90. The van der Waals surface area contributed by atoms with Gasteiger partial charge < -0.3 is 15.3 Å². The third kappa shape index (κ3) is 3.71. The number of carbonyl (C=O) groups is 1. The highest BCUT2D eigenvalue weighted by Crippen LogP contribution is 2.72. The van der Waals surface area contributed by atoms with Crippen molar-refractivity contribution in [3.8, 4) is 0 Å². The van der Waals surface area contributed by atoms with Crippen molar-refractivity contribution in [3.05, 3.63) is 23.3 Å². The lowest BCUT2D eigenvalue weighted by molar-refractivity contribution is -0.147. The summed E-state index contributed by atoms with van der Waals surface area (Å²) in [6, 6.07) is 0. The summed E-state index contributed by atoms with van der Waals surface area (Å²) >= 11 is 0. The van der Waals surface area contributed by atoms with Gasteiger partial charge in [-0.15, -0.1) is 0 Å². The van der Waals surface area contributed by atoms with E-state index in [1.807, 2.05) is 0 Å². The summed E-state index contributed by atoms with van der Waals surface area (Å²) in [5.74, 6) is -0.415. The number of hydrogen-bond donors (Lipinski definition) is 3. The van der Waals surface area contributed by atoms with Crippen LogP contribution >= 0.6 is 0 Å². The molecule has 0 aromatic heterocycles. The average Bonchev–Trinajstić information content (AvgIpc) is 2.98. The molecule has 4 heteroatoms. The van der Waals surface area contributed by atoms with Gasteiger partial charge in [-0.1, -0.05) is 71.8 Å². The number of hydrogen-bond acceptors (Lipinski definition) is 3. The number of aliphatic hydroxyl groups is 2. The Morgan fingerprint density at radius 1 is 1.00 bits per heavy atom. The molecule has 4 unspecified atom stereocenters. The number of aliphatic hydroxyl groups excluding tert-OH is 2. The molecule has 0 amide bonds. The quantitative estimate of drug-likeness (QED) is 0.362. The standard InChI is InChI=1S/C31H50O4/c1-18(2)19(3)9-10-20(27(34)35)23-17-26(33)31(8)22-11-12-24-28(4,5)25(32)14-15-29(24,6)21(22)13-16-30(23,31)7/h18,20,23-26,32-33H,3,9-17H2,1-2,4-8H3,(H,34,35)/t20-,23?,24?,25+,26+,29?,30?,31-/m1/s1. The molecule has 0 heterocycles. The van der Waals surface area contributed by atoms with Crippen LogP contribution in [0.2, 0.25) is 0 Å². The van der Waals surface area contributed by atoms with Crippen molar-refractivity contribution >= 4 is 5.97 Å². The highest BCUT2D eigenvalue weighted by molar-refractivity contribution is 5.71. The topological polar surface area (TPSA) is 77.8 Å². The second-order valence-corrected chi connectivity index (χ2v) is 14.1. The Balaban J connectivity index is 1.72. The largest absolute Gasteiger partial charge is 0.481 e. The van der Waals surface area contributed by atoms with Crippen LogP contribution in [0.15, 0.2) is 23.3 Å². The molecule has 0 aliphatic heterocycles. The van der Waals surface area contributed by atoms with E-state index < -0.39 is 18.0 Å². The van der Waals surface area contributed by atoms with E-state index in [0.29, 0.717) is 24.7 Å². The molecular weight excluding hydrogens is 436 g/mol. The zero-order valence-corrected chi connectivity index (χ0v) is 23.3. The zero-order valence-electron chi connectivity index (χ0n) is 23.3. The van der Waals surface area contributed by atoms with Crippen molar-refractivity contribution in [2.24, 2.45) is 45.3 Å². The van der Waals surface area contributed by atoms with Crippen molar-refractivity contribution in [3.63, 3.8) is 0 Å². The number of fused-ring (bicyclic) bond motifs is 4. The third-order valence-corrected chi connectivity index (χ3v) is 12.3. The van der Waals surface area contributed by atoms with Crippen molar-refractivity contribution in [1.82, 2.24) is 0 Å². The molecule has 0 spiro atoms. The van der Waals surface area contributed by atoms with Gasteiger partial charge in [-0.25, -0.2) is 0 Å². The van der Waals surface area contributed by atoms with Gasteiger partial charge in [-0.2, -0.15) is 0 Å². The van der Waals surface area contributed by atoms with Crippen molar-refractivity contribution in [1.29, 1.82) is 0 Å². The molecule has 0 bridgehead atoms. The second-order valence-electron chi connectivity index (χ2n) is 14.1. The summed E-state index contributed by atoms with van der Waals surface area (Å²) in [5.41, 5.74) is 3.40. The number of allylic oxidation sites excluding steroid dienone is 2. The first-order chi connectivity index (χ1) is 16.1. The van der Waals surface area contributed by atoms with Crippen LogP contribution in [0.5, 0.6) is 0 Å². The first kappa shape index (κ1) is 26.9. The molecule has 4 aliphatic rings. The summed E-state index contributed by atoms with van der Waals surface area (Å²) in [6.45, 7) is 19.9. The maximum atomic E-state index is 12.6. The van der Waals surface area contributed by atoms with Crippen LogP contribution in [-0.2, 0) is 4.79 Å². The molecule has 0 aromatic rings. The summed E-state index contributed by atoms with van der Waals surface area (Å²) in [5, 5.41) is 32.8. The molecule has 8 atom stereocenters. The van der Waals surface area contributed by atoms with Gasteiger partial charge in [0.05, 0.1) is 18.1 Å². The maximum absolute atomic E-state index is 12.6. The Morgan fingerprint density at radius 3 is 2.26 bits per heavy atom. The smallest absolute Gasteiger partial charge is 0.306 e. The van der Waals surface area contributed by atoms with Gasteiger partial charge in [-0.3, -0.25) is 4.79 Å². The fourth-order valence-electron chi connectivity index (χ4n) is 9.49. The van der Waals surface area contributed by atoms with Gasteiger partial charge in [0.15, 0.2) is 0 Å². The Hall–Kier alpha value is -1.13. The first-order valence-corrected chi connectivity index (χ1v) is 14.1. The van der Waals surface area contributed by atoms with Crippen LogP contribution in [0.1, 0.15) is 106 Å². The lowest BCUT2D eigenvalue weighted by Crippen LogP contribution is -2.56. The minimum Gasteiger partial charge on any atom is -0.481 e. The molecule has 198 valence electrons. The van der Waals surface area contributed by atoms with Gasteiger partial charge in [0, 0.05) is 5.41 Å². The lowest BCUT2D eigenvalue weighted by atomic mass is 9.43. The second kappa shape index (κ2) is 8.72. The molecule has 2 fully saturated rings. The summed E-state index contributed by atoms with van der Waals surface area (Å²) in [7, 11) is 0. The SMILES string of the molecule is C=C(CC[C@@H](C(=O)O)C1C[C@H](O)[C@@]2(C)C3=C(CCC12C)C1(C)CC[C@H](O)C(C)(C)C1CC3)C(C)C. The van der Waals surface area contributed by atoms with E-state index >= 15 is 0 Å². The fraction of sp³-hybridized carbons (Fsp3) is 0.839. The summed E-state index contributed by atoms with van der Waals surface area (Å²) < 4.78 is 0. The van der Waals surface area contributed by atoms with E-state index in [9.17, 15) is 20.1 Å². The van der Waals surface area contributed by atoms with E-state index in [-0.39, 0.29) is 33.7 Å². The first-order valence-electron chi connectivity index (χ1n) is 14.1. The number of carboxylic acid groups (broad SMARTS) is 1. The van der Waals surface area contributed by atoms with E-state index in [1.165, 1.54) is 11.1 Å².